The van der Waals surface area contributed by atoms with Gasteiger partial charge in [-0.2, -0.15) is 4.39 Å². The van der Waals surface area contributed by atoms with Crippen molar-refractivity contribution in [2.45, 2.75) is 90.9 Å². The van der Waals surface area contributed by atoms with Gasteiger partial charge in [0.15, 0.2) is 11.6 Å². The van der Waals surface area contributed by atoms with Gasteiger partial charge in [0.25, 0.3) is 0 Å². The molecular weight excluding hydrogens is 378 g/mol. The summed E-state index contributed by atoms with van der Waals surface area (Å²) in [6.07, 6.45) is 14.5. The van der Waals surface area contributed by atoms with Gasteiger partial charge in [0.1, 0.15) is 0 Å². The van der Waals surface area contributed by atoms with E-state index in [1.807, 2.05) is 0 Å². The molecular formula is C27H38F2O. The molecule has 2 aliphatic carbocycles. The van der Waals surface area contributed by atoms with Crippen LogP contribution in [-0.2, 0) is 0 Å². The molecule has 3 heteroatoms. The summed E-state index contributed by atoms with van der Waals surface area (Å²) in [5.41, 5.74) is 0.147. The summed E-state index contributed by atoms with van der Waals surface area (Å²) in [7, 11) is 0. The monoisotopic (exact) mass is 416 g/mol. The van der Waals surface area contributed by atoms with E-state index in [9.17, 15) is 8.78 Å². The minimum atomic E-state index is -0.912. The summed E-state index contributed by atoms with van der Waals surface area (Å²) in [6, 6.07) is 3.07. The second-order valence-electron chi connectivity index (χ2n) is 9.36. The van der Waals surface area contributed by atoms with E-state index >= 15 is 0 Å². The van der Waals surface area contributed by atoms with Crippen molar-refractivity contribution < 1.29 is 13.5 Å². The first-order chi connectivity index (χ1) is 14.6. The molecule has 0 unspecified atom stereocenters. The fourth-order valence-corrected chi connectivity index (χ4v) is 5.26. The van der Waals surface area contributed by atoms with Crippen molar-refractivity contribution in [3.8, 4) is 17.6 Å². The van der Waals surface area contributed by atoms with Gasteiger partial charge in [-0.15, -0.1) is 0 Å². The largest absolute Gasteiger partial charge is 0.490 e. The molecule has 30 heavy (non-hydrogen) atoms. The van der Waals surface area contributed by atoms with Crippen LogP contribution in [0.2, 0.25) is 0 Å². The summed E-state index contributed by atoms with van der Waals surface area (Å²) in [5, 5.41) is 0. The van der Waals surface area contributed by atoms with Gasteiger partial charge in [0.05, 0.1) is 12.2 Å². The Morgan fingerprint density at radius 3 is 2.17 bits per heavy atom. The standard InChI is InChI=1S/C27H38F2O/c1-3-5-6-19-30-25-18-17-24(26(28)27(25)29)16-11-21-9-14-23(15-10-21)22-12-7-20(4-2)8-13-22/h17-18,20-23H,3-10,12-15,19H2,1-2H3/t20-,21?,22-,23?. The number of hydrogen-bond donors (Lipinski definition) is 0. The van der Waals surface area contributed by atoms with Crippen LogP contribution in [0.3, 0.4) is 0 Å². The maximum absolute atomic E-state index is 14.4. The van der Waals surface area contributed by atoms with E-state index in [4.69, 9.17) is 4.74 Å². The predicted molar refractivity (Wildman–Crippen MR) is 119 cm³/mol. The van der Waals surface area contributed by atoms with Crippen LogP contribution in [0.1, 0.15) is 96.5 Å². The predicted octanol–water partition coefficient (Wildman–Crippen LogP) is 7.91. The fraction of sp³-hybridized carbons (Fsp3) is 0.704. The van der Waals surface area contributed by atoms with Crippen LogP contribution < -0.4 is 4.74 Å². The fourth-order valence-electron chi connectivity index (χ4n) is 5.26. The van der Waals surface area contributed by atoms with Crippen LogP contribution >= 0.6 is 0 Å². The van der Waals surface area contributed by atoms with E-state index in [-0.39, 0.29) is 11.3 Å². The quantitative estimate of drug-likeness (QED) is 0.324. The highest BCUT2D eigenvalue weighted by molar-refractivity contribution is 5.41. The minimum absolute atomic E-state index is 0.00699. The summed E-state index contributed by atoms with van der Waals surface area (Å²) < 4.78 is 34.1. The zero-order chi connectivity index (χ0) is 21.3. The maximum atomic E-state index is 14.4. The topological polar surface area (TPSA) is 9.23 Å². The Morgan fingerprint density at radius 1 is 0.867 bits per heavy atom. The average Bonchev–Trinajstić information content (AvgIpc) is 2.79. The third-order valence-electron chi connectivity index (χ3n) is 7.37. The van der Waals surface area contributed by atoms with Crippen LogP contribution in [0.5, 0.6) is 5.75 Å². The molecule has 0 bridgehead atoms. The lowest BCUT2D eigenvalue weighted by Crippen LogP contribution is -2.25. The zero-order valence-electron chi connectivity index (χ0n) is 18.8. The third kappa shape index (κ3) is 6.22. The lowest BCUT2D eigenvalue weighted by atomic mass is 9.69. The molecule has 0 saturated heterocycles. The van der Waals surface area contributed by atoms with Crippen molar-refractivity contribution in [3.05, 3.63) is 29.3 Å². The Kier molecular flexibility index (Phi) is 9.04. The van der Waals surface area contributed by atoms with Crippen LogP contribution in [0.15, 0.2) is 12.1 Å². The molecule has 3 rings (SSSR count). The Labute approximate surface area is 182 Å². The van der Waals surface area contributed by atoms with Gasteiger partial charge in [-0.05, 0) is 74.8 Å². The molecule has 0 amide bonds. The lowest BCUT2D eigenvalue weighted by molar-refractivity contribution is 0.156. The first-order valence-electron chi connectivity index (χ1n) is 12.2. The number of rotatable bonds is 7. The van der Waals surface area contributed by atoms with E-state index in [0.29, 0.717) is 12.5 Å². The molecule has 0 spiro atoms. The highest BCUT2D eigenvalue weighted by Gasteiger charge is 2.30. The molecule has 1 aromatic rings. The van der Waals surface area contributed by atoms with Crippen LogP contribution in [-0.4, -0.2) is 6.61 Å². The second kappa shape index (κ2) is 11.7. The number of benzene rings is 1. The van der Waals surface area contributed by atoms with E-state index in [2.05, 4.69) is 25.7 Å². The van der Waals surface area contributed by atoms with Crippen molar-refractivity contribution in [2.24, 2.45) is 23.7 Å². The molecule has 2 aliphatic rings. The number of halogens is 2. The first-order valence-corrected chi connectivity index (χ1v) is 12.2. The van der Waals surface area contributed by atoms with E-state index in [1.165, 1.54) is 51.0 Å². The second-order valence-corrected chi connectivity index (χ2v) is 9.36. The van der Waals surface area contributed by atoms with E-state index in [0.717, 1.165) is 49.9 Å². The normalized spacial score (nSPS) is 26.7. The Bertz CT molecular complexity index is 716. The van der Waals surface area contributed by atoms with Gasteiger partial charge >= 0.3 is 0 Å². The molecule has 1 nitrogen and oxygen atoms in total. The molecule has 0 radical (unpaired) electrons. The highest BCUT2D eigenvalue weighted by atomic mass is 19.2. The molecule has 0 aliphatic heterocycles. The molecule has 1 aromatic carbocycles. The molecule has 2 saturated carbocycles. The number of hydrogen-bond acceptors (Lipinski definition) is 1. The van der Waals surface area contributed by atoms with Crippen molar-refractivity contribution >= 4 is 0 Å². The Balaban J connectivity index is 1.50. The van der Waals surface area contributed by atoms with Crippen molar-refractivity contribution in [1.82, 2.24) is 0 Å². The van der Waals surface area contributed by atoms with E-state index in [1.54, 1.807) is 6.07 Å². The Hall–Kier alpha value is -1.56. The van der Waals surface area contributed by atoms with E-state index < -0.39 is 11.6 Å². The molecule has 166 valence electrons. The van der Waals surface area contributed by atoms with Crippen molar-refractivity contribution in [1.29, 1.82) is 0 Å². The van der Waals surface area contributed by atoms with Crippen LogP contribution in [0.25, 0.3) is 0 Å². The molecule has 2 fully saturated rings. The first kappa shape index (κ1) is 23.1. The summed E-state index contributed by atoms with van der Waals surface area (Å²) >= 11 is 0. The van der Waals surface area contributed by atoms with Crippen LogP contribution in [0.4, 0.5) is 8.78 Å². The molecule has 0 aromatic heterocycles. The summed E-state index contributed by atoms with van der Waals surface area (Å²) in [6.45, 7) is 4.83. The van der Waals surface area contributed by atoms with Crippen molar-refractivity contribution in [2.75, 3.05) is 6.61 Å². The molecule has 0 atom stereocenters. The smallest absolute Gasteiger partial charge is 0.201 e. The van der Waals surface area contributed by atoms with Crippen molar-refractivity contribution in [3.63, 3.8) is 0 Å². The van der Waals surface area contributed by atoms with Gasteiger partial charge < -0.3 is 4.74 Å². The number of unbranched alkanes of at least 4 members (excludes halogenated alkanes) is 2. The minimum Gasteiger partial charge on any atom is -0.490 e. The van der Waals surface area contributed by atoms with Gasteiger partial charge in [-0.25, -0.2) is 4.39 Å². The Morgan fingerprint density at radius 2 is 1.53 bits per heavy atom. The summed E-state index contributed by atoms with van der Waals surface area (Å²) in [4.78, 5) is 0. The lowest BCUT2D eigenvalue weighted by Gasteiger charge is -2.36. The highest BCUT2D eigenvalue weighted by Crippen LogP contribution is 2.41. The van der Waals surface area contributed by atoms with Gasteiger partial charge in [0, 0.05) is 5.92 Å². The SMILES string of the molecule is CCCCCOc1ccc(C#CC2CCC([C@H]3CC[C@H](CC)CC3)CC2)c(F)c1F. The zero-order valence-corrected chi connectivity index (χ0v) is 18.8. The maximum Gasteiger partial charge on any atom is 0.201 e. The van der Waals surface area contributed by atoms with Gasteiger partial charge in [-0.1, -0.05) is 57.8 Å². The third-order valence-corrected chi connectivity index (χ3v) is 7.37. The number of ether oxygens (including phenoxy) is 1. The average molecular weight is 417 g/mol. The summed E-state index contributed by atoms with van der Waals surface area (Å²) in [5.74, 6) is 7.35. The van der Waals surface area contributed by atoms with Crippen LogP contribution in [0, 0.1) is 47.1 Å². The molecule has 0 heterocycles. The molecule has 0 N–H and O–H groups in total. The van der Waals surface area contributed by atoms with Gasteiger partial charge in [-0.3, -0.25) is 0 Å². The van der Waals surface area contributed by atoms with Gasteiger partial charge in [0.2, 0.25) is 5.82 Å².